The standard InChI is InChI=1S/C12H19OSi/c1-10-4-6-11(7-5-10)8-9-12(13)14(2)3/h4-7,12-13H,8-9H2,1-3H3. The largest absolute Gasteiger partial charge is 0.397 e. The molecule has 0 aliphatic heterocycles. The van der Waals surface area contributed by atoms with Gasteiger partial charge in [0.05, 0.1) is 8.80 Å². The maximum Gasteiger partial charge on any atom is 0.0779 e. The SMILES string of the molecule is Cc1ccc(CCC(O)[Si](C)C)cc1. The third kappa shape index (κ3) is 3.64. The molecule has 1 unspecified atom stereocenters. The summed E-state index contributed by atoms with van der Waals surface area (Å²) in [6.07, 6.45) is 1.90. The van der Waals surface area contributed by atoms with Crippen molar-refractivity contribution in [2.75, 3.05) is 0 Å². The van der Waals surface area contributed by atoms with Gasteiger partial charge in [-0.25, -0.2) is 0 Å². The van der Waals surface area contributed by atoms with Crippen LogP contribution in [0.3, 0.4) is 0 Å². The summed E-state index contributed by atoms with van der Waals surface area (Å²) >= 11 is 0. The van der Waals surface area contributed by atoms with Crippen molar-refractivity contribution in [3.05, 3.63) is 35.4 Å². The lowest BCUT2D eigenvalue weighted by molar-refractivity contribution is 0.238. The second-order valence-corrected chi connectivity index (χ2v) is 6.94. The van der Waals surface area contributed by atoms with Crippen LogP contribution in [0.2, 0.25) is 13.1 Å². The van der Waals surface area contributed by atoms with Gasteiger partial charge in [-0.3, -0.25) is 0 Å². The summed E-state index contributed by atoms with van der Waals surface area (Å²) in [4.78, 5) is 0. The van der Waals surface area contributed by atoms with Gasteiger partial charge < -0.3 is 5.11 Å². The Balaban J connectivity index is 2.42. The van der Waals surface area contributed by atoms with Crippen molar-refractivity contribution in [1.82, 2.24) is 0 Å². The highest BCUT2D eigenvalue weighted by molar-refractivity contribution is 6.57. The van der Waals surface area contributed by atoms with Crippen LogP contribution in [0.15, 0.2) is 24.3 Å². The topological polar surface area (TPSA) is 20.2 Å². The fraction of sp³-hybridized carbons (Fsp3) is 0.500. The summed E-state index contributed by atoms with van der Waals surface area (Å²) in [5.41, 5.74) is 2.56. The Labute approximate surface area is 88.4 Å². The summed E-state index contributed by atoms with van der Waals surface area (Å²) < 4.78 is 0. The molecule has 1 radical (unpaired) electrons. The van der Waals surface area contributed by atoms with E-state index in [1.54, 1.807) is 0 Å². The van der Waals surface area contributed by atoms with E-state index in [1.165, 1.54) is 11.1 Å². The Morgan fingerprint density at radius 1 is 1.21 bits per heavy atom. The summed E-state index contributed by atoms with van der Waals surface area (Å²) in [7, 11) is -0.534. The van der Waals surface area contributed by atoms with Crippen LogP contribution in [0, 0.1) is 6.92 Å². The summed E-state index contributed by atoms with van der Waals surface area (Å²) in [6.45, 7) is 6.41. The van der Waals surface area contributed by atoms with E-state index in [2.05, 4.69) is 44.3 Å². The molecule has 0 amide bonds. The van der Waals surface area contributed by atoms with E-state index in [4.69, 9.17) is 0 Å². The van der Waals surface area contributed by atoms with Gasteiger partial charge in [-0.15, -0.1) is 0 Å². The maximum absolute atomic E-state index is 9.69. The first-order valence-corrected chi connectivity index (χ1v) is 7.71. The Hall–Kier alpha value is -0.603. The van der Waals surface area contributed by atoms with Crippen molar-refractivity contribution in [2.24, 2.45) is 0 Å². The Morgan fingerprint density at radius 3 is 2.29 bits per heavy atom. The molecule has 0 fully saturated rings. The predicted molar refractivity (Wildman–Crippen MR) is 63.0 cm³/mol. The van der Waals surface area contributed by atoms with Gasteiger partial charge in [-0.1, -0.05) is 42.9 Å². The molecule has 0 aliphatic carbocycles. The Kier molecular flexibility index (Phi) is 4.36. The predicted octanol–water partition coefficient (Wildman–Crippen LogP) is 2.58. The molecule has 1 nitrogen and oxygen atoms in total. The summed E-state index contributed by atoms with van der Waals surface area (Å²) in [6, 6.07) is 8.57. The number of aryl methyl sites for hydroxylation is 2. The fourth-order valence-corrected chi connectivity index (χ4v) is 2.07. The molecule has 1 aromatic rings. The van der Waals surface area contributed by atoms with Gasteiger partial charge in [-0.05, 0) is 25.3 Å². The fourth-order valence-electron chi connectivity index (χ4n) is 1.35. The van der Waals surface area contributed by atoms with E-state index < -0.39 is 8.80 Å². The van der Waals surface area contributed by atoms with Crippen LogP contribution in [0.1, 0.15) is 17.5 Å². The minimum atomic E-state index is -0.534. The van der Waals surface area contributed by atoms with Crippen molar-refractivity contribution in [2.45, 2.75) is 38.6 Å². The average molecular weight is 207 g/mol. The number of aliphatic hydroxyl groups excluding tert-OH is 1. The normalized spacial score (nSPS) is 13.2. The van der Waals surface area contributed by atoms with Gasteiger partial charge in [0.2, 0.25) is 0 Å². The van der Waals surface area contributed by atoms with E-state index in [9.17, 15) is 5.11 Å². The van der Waals surface area contributed by atoms with E-state index in [-0.39, 0.29) is 5.73 Å². The van der Waals surface area contributed by atoms with Crippen molar-refractivity contribution in [1.29, 1.82) is 0 Å². The third-order valence-electron chi connectivity index (χ3n) is 2.49. The maximum atomic E-state index is 9.69. The molecule has 0 spiro atoms. The van der Waals surface area contributed by atoms with E-state index in [0.717, 1.165) is 12.8 Å². The van der Waals surface area contributed by atoms with Crippen LogP contribution < -0.4 is 0 Å². The van der Waals surface area contributed by atoms with Crippen LogP contribution in [0.25, 0.3) is 0 Å². The lowest BCUT2D eigenvalue weighted by Gasteiger charge is -2.12. The molecule has 0 heterocycles. The van der Waals surface area contributed by atoms with Crippen LogP contribution in [-0.4, -0.2) is 19.6 Å². The molecular weight excluding hydrogens is 188 g/mol. The highest BCUT2D eigenvalue weighted by Crippen LogP contribution is 2.08. The van der Waals surface area contributed by atoms with Crippen LogP contribution in [0.5, 0.6) is 0 Å². The number of rotatable bonds is 4. The smallest absolute Gasteiger partial charge is 0.0779 e. The quantitative estimate of drug-likeness (QED) is 0.752. The lowest BCUT2D eigenvalue weighted by Crippen LogP contribution is -2.24. The highest BCUT2D eigenvalue weighted by atomic mass is 28.3. The van der Waals surface area contributed by atoms with Gasteiger partial charge >= 0.3 is 0 Å². The Morgan fingerprint density at radius 2 is 1.79 bits per heavy atom. The van der Waals surface area contributed by atoms with Gasteiger partial charge in [0.25, 0.3) is 0 Å². The van der Waals surface area contributed by atoms with Crippen molar-refractivity contribution in [3.8, 4) is 0 Å². The second kappa shape index (κ2) is 5.32. The lowest BCUT2D eigenvalue weighted by atomic mass is 10.1. The van der Waals surface area contributed by atoms with E-state index in [1.807, 2.05) is 0 Å². The molecule has 0 bridgehead atoms. The summed E-state index contributed by atoms with van der Waals surface area (Å²) in [5.74, 6) is 0. The molecule has 1 atom stereocenters. The average Bonchev–Trinajstić information content (AvgIpc) is 2.16. The molecule has 0 aromatic heterocycles. The molecule has 0 saturated carbocycles. The molecule has 2 heteroatoms. The molecule has 0 aliphatic rings. The van der Waals surface area contributed by atoms with E-state index in [0.29, 0.717) is 0 Å². The van der Waals surface area contributed by atoms with Crippen molar-refractivity contribution in [3.63, 3.8) is 0 Å². The second-order valence-electron chi connectivity index (χ2n) is 4.12. The molecular formula is C12H19OSi. The molecule has 1 rings (SSSR count). The molecule has 1 aromatic carbocycles. The number of aliphatic hydroxyl groups is 1. The monoisotopic (exact) mass is 207 g/mol. The van der Waals surface area contributed by atoms with Gasteiger partial charge in [0.15, 0.2) is 0 Å². The molecule has 77 valence electrons. The number of hydrogen-bond acceptors (Lipinski definition) is 1. The summed E-state index contributed by atoms with van der Waals surface area (Å²) in [5, 5.41) is 9.69. The zero-order valence-electron chi connectivity index (χ0n) is 9.25. The van der Waals surface area contributed by atoms with Crippen LogP contribution >= 0.6 is 0 Å². The minimum absolute atomic E-state index is 0.0682. The highest BCUT2D eigenvalue weighted by Gasteiger charge is 2.10. The number of benzene rings is 1. The van der Waals surface area contributed by atoms with Gasteiger partial charge in [0, 0.05) is 5.73 Å². The molecule has 0 saturated heterocycles. The van der Waals surface area contributed by atoms with Crippen molar-refractivity contribution < 1.29 is 5.11 Å². The zero-order chi connectivity index (χ0) is 10.6. The van der Waals surface area contributed by atoms with Crippen molar-refractivity contribution >= 4 is 8.80 Å². The van der Waals surface area contributed by atoms with Gasteiger partial charge in [-0.2, -0.15) is 0 Å². The first kappa shape index (κ1) is 11.5. The minimum Gasteiger partial charge on any atom is -0.397 e. The first-order valence-electron chi connectivity index (χ1n) is 5.13. The molecule has 1 N–H and O–H groups in total. The molecule has 14 heavy (non-hydrogen) atoms. The third-order valence-corrected chi connectivity index (χ3v) is 4.12. The number of hydrogen-bond donors (Lipinski definition) is 1. The van der Waals surface area contributed by atoms with Crippen LogP contribution in [-0.2, 0) is 6.42 Å². The first-order chi connectivity index (χ1) is 6.59. The zero-order valence-corrected chi connectivity index (χ0v) is 10.2. The van der Waals surface area contributed by atoms with Crippen LogP contribution in [0.4, 0.5) is 0 Å². The van der Waals surface area contributed by atoms with Gasteiger partial charge in [0.1, 0.15) is 0 Å². The van der Waals surface area contributed by atoms with E-state index >= 15 is 0 Å². The Bertz CT molecular complexity index is 266.